The van der Waals surface area contributed by atoms with Crippen LogP contribution in [0.2, 0.25) is 0 Å². The normalized spacial score (nSPS) is 19.4. The quantitative estimate of drug-likeness (QED) is 0.807. The molecule has 2 aliphatic heterocycles. The molecule has 4 rings (SSSR count). The molecule has 1 atom stereocenters. The molecule has 1 aromatic carbocycles. The molecule has 0 N–H and O–H groups in total. The fraction of sp³-hybridized carbons (Fsp3) is 0.476. The van der Waals surface area contributed by atoms with Crippen molar-refractivity contribution in [2.24, 2.45) is 0 Å². The smallest absolute Gasteiger partial charge is 0.261 e. The maximum atomic E-state index is 13.2. The zero-order chi connectivity index (χ0) is 19.7. The Morgan fingerprint density at radius 3 is 2.64 bits per heavy atom. The number of ether oxygens (including phenoxy) is 2. The second-order valence-corrected chi connectivity index (χ2v) is 7.46. The van der Waals surface area contributed by atoms with Crippen LogP contribution in [0.5, 0.6) is 11.5 Å². The molecule has 0 radical (unpaired) electrons. The van der Waals surface area contributed by atoms with Crippen molar-refractivity contribution >= 4 is 5.91 Å². The number of likely N-dealkylation sites (tertiary alicyclic amines) is 1. The third kappa shape index (κ3) is 3.42. The van der Waals surface area contributed by atoms with Crippen LogP contribution < -0.4 is 9.47 Å². The van der Waals surface area contributed by atoms with Gasteiger partial charge < -0.3 is 19.3 Å². The first kappa shape index (κ1) is 18.7. The highest BCUT2D eigenvalue weighted by Gasteiger charge is 2.33. The van der Waals surface area contributed by atoms with Crippen molar-refractivity contribution in [3.63, 3.8) is 0 Å². The van der Waals surface area contributed by atoms with Crippen LogP contribution in [0.25, 0.3) is 0 Å². The number of benzene rings is 1. The summed E-state index contributed by atoms with van der Waals surface area (Å²) < 4.78 is 10.8. The summed E-state index contributed by atoms with van der Waals surface area (Å²) in [7, 11) is 5.25. The molecule has 0 bridgehead atoms. The van der Waals surface area contributed by atoms with Crippen molar-refractivity contribution in [1.29, 1.82) is 0 Å². The highest BCUT2D eigenvalue weighted by Crippen LogP contribution is 2.33. The monoisotopic (exact) mass is 382 g/mol. The minimum Gasteiger partial charge on any atom is -0.496 e. The number of carbonyl (C=O) groups excluding carboxylic acids is 1. The van der Waals surface area contributed by atoms with Crippen LogP contribution in [0.15, 0.2) is 24.4 Å². The highest BCUT2D eigenvalue weighted by atomic mass is 16.5. The number of methoxy groups -OCH3 is 2. The number of aromatic nitrogens is 2. The van der Waals surface area contributed by atoms with E-state index >= 15 is 0 Å². The Hall–Kier alpha value is -2.67. The maximum absolute atomic E-state index is 13.2. The van der Waals surface area contributed by atoms with Gasteiger partial charge in [0.2, 0.25) is 0 Å². The van der Waals surface area contributed by atoms with Crippen molar-refractivity contribution in [2.45, 2.75) is 25.3 Å². The van der Waals surface area contributed by atoms with Gasteiger partial charge in [-0.1, -0.05) is 6.07 Å². The average Bonchev–Trinajstić information content (AvgIpc) is 3.22. The van der Waals surface area contributed by atoms with Crippen molar-refractivity contribution < 1.29 is 14.3 Å². The van der Waals surface area contributed by atoms with Gasteiger partial charge in [-0.3, -0.25) is 4.79 Å². The number of amides is 1. The largest absolute Gasteiger partial charge is 0.496 e. The Kier molecular flexibility index (Phi) is 5.17. The standard InChI is InChI=1S/C21H26N4O3/c1-24-9-8-16-15(12-24)11-22-20(23-16)14-7-10-25(13-14)21(26)19-17(27-2)5-4-6-18(19)28-3/h4-6,11,14H,7-10,12-13H2,1-3H3. The minimum absolute atomic E-state index is 0.0728. The Labute approximate surface area is 165 Å². The van der Waals surface area contributed by atoms with Gasteiger partial charge in [-0.25, -0.2) is 9.97 Å². The summed E-state index contributed by atoms with van der Waals surface area (Å²) >= 11 is 0. The average molecular weight is 382 g/mol. The number of carbonyl (C=O) groups is 1. The summed E-state index contributed by atoms with van der Waals surface area (Å²) in [6.45, 7) is 3.21. The first-order chi connectivity index (χ1) is 13.6. The lowest BCUT2D eigenvalue weighted by atomic mass is 10.1. The van der Waals surface area contributed by atoms with Crippen LogP contribution in [0.4, 0.5) is 0 Å². The van der Waals surface area contributed by atoms with Crippen molar-refractivity contribution in [2.75, 3.05) is 40.9 Å². The van der Waals surface area contributed by atoms with E-state index in [1.807, 2.05) is 17.2 Å². The molecule has 0 saturated carbocycles. The van der Waals surface area contributed by atoms with Gasteiger partial charge in [-0.2, -0.15) is 0 Å². The number of nitrogens with zero attached hydrogens (tertiary/aromatic N) is 4. The zero-order valence-electron chi connectivity index (χ0n) is 16.6. The highest BCUT2D eigenvalue weighted by molar-refractivity contribution is 6.00. The van der Waals surface area contributed by atoms with Gasteiger partial charge in [0.25, 0.3) is 5.91 Å². The number of rotatable bonds is 4. The maximum Gasteiger partial charge on any atom is 0.261 e. The van der Waals surface area contributed by atoms with Gasteiger partial charge in [0.05, 0.1) is 14.2 Å². The first-order valence-corrected chi connectivity index (χ1v) is 9.64. The van der Waals surface area contributed by atoms with Gasteiger partial charge in [0.1, 0.15) is 22.9 Å². The van der Waals surface area contributed by atoms with Crippen LogP contribution >= 0.6 is 0 Å². The molecule has 1 amide bonds. The van der Waals surface area contributed by atoms with Crippen molar-refractivity contribution in [1.82, 2.24) is 19.8 Å². The van der Waals surface area contributed by atoms with Crippen LogP contribution in [0.3, 0.4) is 0 Å². The number of likely N-dealkylation sites (N-methyl/N-ethyl adjacent to an activating group) is 1. The molecular formula is C21H26N4O3. The molecule has 1 aromatic heterocycles. The Bertz CT molecular complexity index is 864. The minimum atomic E-state index is -0.0728. The second kappa shape index (κ2) is 7.75. The van der Waals surface area contributed by atoms with E-state index in [1.165, 1.54) is 5.56 Å². The molecule has 7 heteroatoms. The molecule has 28 heavy (non-hydrogen) atoms. The number of hydrogen-bond donors (Lipinski definition) is 0. The third-order valence-corrected chi connectivity index (χ3v) is 5.63. The lowest BCUT2D eigenvalue weighted by molar-refractivity contribution is 0.0783. The van der Waals surface area contributed by atoms with Crippen molar-refractivity contribution in [3.8, 4) is 11.5 Å². The number of hydrogen-bond acceptors (Lipinski definition) is 6. The molecule has 1 fully saturated rings. The Balaban J connectivity index is 1.53. The summed E-state index contributed by atoms with van der Waals surface area (Å²) in [5.41, 5.74) is 2.84. The summed E-state index contributed by atoms with van der Waals surface area (Å²) in [6, 6.07) is 5.39. The zero-order valence-corrected chi connectivity index (χ0v) is 16.6. The van der Waals surface area contributed by atoms with E-state index in [1.54, 1.807) is 26.4 Å². The van der Waals surface area contributed by atoms with Crippen LogP contribution in [-0.2, 0) is 13.0 Å². The van der Waals surface area contributed by atoms with Crippen LogP contribution in [-0.4, -0.2) is 66.6 Å². The lowest BCUT2D eigenvalue weighted by Crippen LogP contribution is -2.30. The third-order valence-electron chi connectivity index (χ3n) is 5.63. The van der Waals surface area contributed by atoms with E-state index in [9.17, 15) is 4.79 Å². The van der Waals surface area contributed by atoms with Crippen LogP contribution in [0.1, 0.15) is 39.8 Å². The van der Waals surface area contributed by atoms with E-state index in [0.29, 0.717) is 30.2 Å². The molecule has 1 saturated heterocycles. The van der Waals surface area contributed by atoms with E-state index < -0.39 is 0 Å². The molecule has 148 valence electrons. The van der Waals surface area contributed by atoms with E-state index in [-0.39, 0.29) is 11.8 Å². The molecular weight excluding hydrogens is 356 g/mol. The van der Waals surface area contributed by atoms with Gasteiger partial charge in [0, 0.05) is 56.0 Å². The molecule has 2 aromatic rings. The SMILES string of the molecule is COc1cccc(OC)c1C(=O)N1CCC(c2ncc3c(n2)CCN(C)C3)C1. The molecule has 1 unspecified atom stereocenters. The predicted octanol–water partition coefficient (Wildman–Crippen LogP) is 2.11. The molecule has 7 nitrogen and oxygen atoms in total. The predicted molar refractivity (Wildman–Crippen MR) is 105 cm³/mol. The fourth-order valence-electron chi connectivity index (χ4n) is 4.04. The fourth-order valence-corrected chi connectivity index (χ4v) is 4.04. The van der Waals surface area contributed by atoms with E-state index in [2.05, 4.69) is 16.9 Å². The summed E-state index contributed by atoms with van der Waals surface area (Å²) in [6.07, 6.45) is 3.78. The Morgan fingerprint density at radius 2 is 1.93 bits per heavy atom. The second-order valence-electron chi connectivity index (χ2n) is 7.46. The van der Waals surface area contributed by atoms with E-state index in [4.69, 9.17) is 14.5 Å². The summed E-state index contributed by atoms with van der Waals surface area (Å²) in [4.78, 5) is 26.8. The molecule has 0 spiro atoms. The number of fused-ring (bicyclic) bond motifs is 1. The van der Waals surface area contributed by atoms with Gasteiger partial charge in [-0.15, -0.1) is 0 Å². The van der Waals surface area contributed by atoms with Gasteiger partial charge in [0.15, 0.2) is 0 Å². The first-order valence-electron chi connectivity index (χ1n) is 9.64. The molecule has 2 aliphatic rings. The van der Waals surface area contributed by atoms with Crippen molar-refractivity contribution in [3.05, 3.63) is 47.0 Å². The van der Waals surface area contributed by atoms with Gasteiger partial charge >= 0.3 is 0 Å². The van der Waals surface area contributed by atoms with Gasteiger partial charge in [-0.05, 0) is 25.6 Å². The lowest BCUT2D eigenvalue weighted by Gasteiger charge is -2.24. The summed E-state index contributed by atoms with van der Waals surface area (Å²) in [5.74, 6) is 2.00. The van der Waals surface area contributed by atoms with Crippen LogP contribution in [0, 0.1) is 0 Å². The molecule has 0 aliphatic carbocycles. The van der Waals surface area contributed by atoms with E-state index in [0.717, 1.165) is 37.4 Å². The topological polar surface area (TPSA) is 67.8 Å². The summed E-state index contributed by atoms with van der Waals surface area (Å²) in [5, 5.41) is 0. The molecule has 3 heterocycles. The Morgan fingerprint density at radius 1 is 1.18 bits per heavy atom.